The average Bonchev–Trinajstić information content (AvgIpc) is 2.45. The molecule has 0 bridgehead atoms. The highest BCUT2D eigenvalue weighted by molar-refractivity contribution is 5.44. The van der Waals surface area contributed by atoms with Gasteiger partial charge in [-0.1, -0.05) is 65.7 Å². The zero-order valence-corrected chi connectivity index (χ0v) is 14.0. The van der Waals surface area contributed by atoms with Gasteiger partial charge in [-0.05, 0) is 6.42 Å². The zero-order chi connectivity index (χ0) is 15.5. The smallest absolute Gasteiger partial charge is 0.135 e. The molecule has 3 N–H and O–H groups in total. The van der Waals surface area contributed by atoms with Gasteiger partial charge >= 0.3 is 0 Å². The molecule has 1 heterocycles. The van der Waals surface area contributed by atoms with Crippen LogP contribution in [-0.2, 0) is 0 Å². The predicted molar refractivity (Wildman–Crippen MR) is 91.6 cm³/mol. The molecule has 0 unspecified atom stereocenters. The number of aromatic nitrogens is 2. The maximum Gasteiger partial charge on any atom is 0.135 e. The fourth-order valence-corrected chi connectivity index (χ4v) is 2.31. The Hall–Kier alpha value is -1.32. The summed E-state index contributed by atoms with van der Waals surface area (Å²) in [5.41, 5.74) is 5.82. The third-order valence-electron chi connectivity index (χ3n) is 3.62. The summed E-state index contributed by atoms with van der Waals surface area (Å²) in [6.45, 7) is 7.38. The highest BCUT2D eigenvalue weighted by atomic mass is 15.0. The van der Waals surface area contributed by atoms with Crippen LogP contribution in [0.25, 0.3) is 0 Å². The lowest BCUT2D eigenvalue weighted by atomic mass is 10.1. The Bertz CT molecular complexity index is 390. The Morgan fingerprint density at radius 1 is 1.00 bits per heavy atom. The zero-order valence-electron chi connectivity index (χ0n) is 14.0. The van der Waals surface area contributed by atoms with E-state index in [-0.39, 0.29) is 0 Å². The molecule has 1 aromatic heterocycles. The van der Waals surface area contributed by atoms with Crippen molar-refractivity contribution in [2.75, 3.05) is 17.6 Å². The van der Waals surface area contributed by atoms with Crippen molar-refractivity contribution in [2.24, 2.45) is 0 Å². The van der Waals surface area contributed by atoms with E-state index in [1.54, 1.807) is 0 Å². The number of hydrogen-bond donors (Lipinski definition) is 2. The Labute approximate surface area is 130 Å². The van der Waals surface area contributed by atoms with Crippen molar-refractivity contribution >= 4 is 11.6 Å². The van der Waals surface area contributed by atoms with E-state index in [0.717, 1.165) is 18.2 Å². The van der Waals surface area contributed by atoms with Crippen LogP contribution in [-0.4, -0.2) is 16.5 Å². The Balaban J connectivity index is 2.15. The van der Waals surface area contributed by atoms with E-state index >= 15 is 0 Å². The van der Waals surface area contributed by atoms with Crippen LogP contribution in [0, 0.1) is 0 Å². The number of nitrogens with one attached hydrogen (secondary N) is 1. The van der Waals surface area contributed by atoms with Gasteiger partial charge in [-0.15, -0.1) is 0 Å². The maximum atomic E-state index is 5.82. The Morgan fingerprint density at radius 3 is 2.24 bits per heavy atom. The molecule has 0 aliphatic heterocycles. The van der Waals surface area contributed by atoms with E-state index < -0.39 is 0 Å². The van der Waals surface area contributed by atoms with Crippen LogP contribution in [0.15, 0.2) is 6.07 Å². The number of nitrogens with two attached hydrogens (primary N) is 1. The summed E-state index contributed by atoms with van der Waals surface area (Å²) in [4.78, 5) is 8.75. The molecular formula is C17H32N4. The second-order valence-electron chi connectivity index (χ2n) is 6.09. The molecule has 0 amide bonds. The third kappa shape index (κ3) is 7.88. The average molecular weight is 292 g/mol. The van der Waals surface area contributed by atoms with Crippen LogP contribution < -0.4 is 11.1 Å². The van der Waals surface area contributed by atoms with Gasteiger partial charge in [0, 0.05) is 18.5 Å². The minimum absolute atomic E-state index is 0.303. The first-order valence-electron chi connectivity index (χ1n) is 8.51. The van der Waals surface area contributed by atoms with Gasteiger partial charge in [0.05, 0.1) is 0 Å². The van der Waals surface area contributed by atoms with E-state index in [1.807, 2.05) is 6.07 Å². The number of nitrogens with zero attached hydrogens (tertiary/aromatic N) is 2. The molecule has 0 saturated heterocycles. The molecule has 120 valence electrons. The SMILES string of the molecule is CCCCCCCCCCNc1cc(N)nc(C(C)C)n1. The van der Waals surface area contributed by atoms with Gasteiger partial charge in [-0.3, -0.25) is 0 Å². The summed E-state index contributed by atoms with van der Waals surface area (Å²) in [6.07, 6.45) is 10.7. The van der Waals surface area contributed by atoms with Gasteiger partial charge in [0.15, 0.2) is 0 Å². The molecule has 1 rings (SSSR count). The number of unbranched alkanes of at least 4 members (excludes halogenated alkanes) is 7. The first-order valence-corrected chi connectivity index (χ1v) is 8.51. The van der Waals surface area contributed by atoms with Crippen LogP contribution in [0.2, 0.25) is 0 Å². The quantitative estimate of drug-likeness (QED) is 0.578. The molecule has 0 atom stereocenters. The fourth-order valence-electron chi connectivity index (χ4n) is 2.31. The fraction of sp³-hybridized carbons (Fsp3) is 0.765. The summed E-state index contributed by atoms with van der Waals surface area (Å²) in [5, 5.41) is 3.36. The summed E-state index contributed by atoms with van der Waals surface area (Å²) >= 11 is 0. The molecule has 0 aliphatic carbocycles. The van der Waals surface area contributed by atoms with Crippen molar-refractivity contribution in [1.29, 1.82) is 0 Å². The third-order valence-corrected chi connectivity index (χ3v) is 3.62. The number of rotatable bonds is 11. The predicted octanol–water partition coefficient (Wildman–Crippen LogP) is 4.73. The minimum atomic E-state index is 0.303. The van der Waals surface area contributed by atoms with Crippen LogP contribution >= 0.6 is 0 Å². The van der Waals surface area contributed by atoms with E-state index in [4.69, 9.17) is 5.73 Å². The topological polar surface area (TPSA) is 63.8 Å². The molecule has 4 heteroatoms. The van der Waals surface area contributed by atoms with Gasteiger partial charge < -0.3 is 11.1 Å². The Kier molecular flexibility index (Phi) is 8.79. The second-order valence-corrected chi connectivity index (χ2v) is 6.09. The van der Waals surface area contributed by atoms with Crippen LogP contribution in [0.4, 0.5) is 11.6 Å². The summed E-state index contributed by atoms with van der Waals surface area (Å²) in [6, 6.07) is 1.82. The highest BCUT2D eigenvalue weighted by Gasteiger charge is 2.06. The van der Waals surface area contributed by atoms with Crippen molar-refractivity contribution < 1.29 is 0 Å². The molecule has 0 aromatic carbocycles. The lowest BCUT2D eigenvalue weighted by molar-refractivity contribution is 0.581. The van der Waals surface area contributed by atoms with Crippen molar-refractivity contribution in [2.45, 2.75) is 78.1 Å². The summed E-state index contributed by atoms with van der Waals surface area (Å²) in [5.74, 6) is 2.52. The first kappa shape index (κ1) is 17.7. The normalized spacial score (nSPS) is 11.0. The van der Waals surface area contributed by atoms with Crippen molar-refractivity contribution in [3.05, 3.63) is 11.9 Å². The van der Waals surface area contributed by atoms with Gasteiger partial charge in [0.25, 0.3) is 0 Å². The van der Waals surface area contributed by atoms with E-state index in [0.29, 0.717) is 11.7 Å². The maximum absolute atomic E-state index is 5.82. The monoisotopic (exact) mass is 292 g/mol. The van der Waals surface area contributed by atoms with E-state index in [2.05, 4.69) is 36.1 Å². The summed E-state index contributed by atoms with van der Waals surface area (Å²) < 4.78 is 0. The molecule has 0 radical (unpaired) electrons. The molecule has 0 saturated carbocycles. The number of anilines is 2. The second kappa shape index (κ2) is 10.4. The molecule has 0 aliphatic rings. The van der Waals surface area contributed by atoms with Crippen LogP contribution in [0.3, 0.4) is 0 Å². The molecule has 21 heavy (non-hydrogen) atoms. The number of nitrogen functional groups attached to an aromatic ring is 1. The largest absolute Gasteiger partial charge is 0.384 e. The van der Waals surface area contributed by atoms with Crippen LogP contribution in [0.1, 0.15) is 83.9 Å². The van der Waals surface area contributed by atoms with Gasteiger partial charge in [0.1, 0.15) is 17.5 Å². The van der Waals surface area contributed by atoms with Gasteiger partial charge in [-0.25, -0.2) is 9.97 Å². The summed E-state index contributed by atoms with van der Waals surface area (Å²) in [7, 11) is 0. The standard InChI is InChI=1S/C17H32N4/c1-4-5-6-7-8-9-10-11-12-19-16-13-15(18)20-17(21-16)14(2)3/h13-14H,4-12H2,1-3H3,(H3,18,19,20,21). The van der Waals surface area contributed by atoms with Gasteiger partial charge in [-0.2, -0.15) is 0 Å². The van der Waals surface area contributed by atoms with E-state index in [9.17, 15) is 0 Å². The molecule has 0 spiro atoms. The lowest BCUT2D eigenvalue weighted by Crippen LogP contribution is -2.08. The van der Waals surface area contributed by atoms with Crippen molar-refractivity contribution in [3.8, 4) is 0 Å². The van der Waals surface area contributed by atoms with E-state index in [1.165, 1.54) is 51.4 Å². The lowest BCUT2D eigenvalue weighted by Gasteiger charge is -2.10. The van der Waals surface area contributed by atoms with Gasteiger partial charge in [0.2, 0.25) is 0 Å². The molecule has 1 aromatic rings. The Morgan fingerprint density at radius 2 is 1.62 bits per heavy atom. The molecular weight excluding hydrogens is 260 g/mol. The molecule has 0 fully saturated rings. The minimum Gasteiger partial charge on any atom is -0.384 e. The first-order chi connectivity index (χ1) is 10.1. The van der Waals surface area contributed by atoms with Crippen LogP contribution in [0.5, 0.6) is 0 Å². The number of hydrogen-bond acceptors (Lipinski definition) is 4. The highest BCUT2D eigenvalue weighted by Crippen LogP contribution is 2.15. The van der Waals surface area contributed by atoms with Crippen molar-refractivity contribution in [3.63, 3.8) is 0 Å². The van der Waals surface area contributed by atoms with Crippen molar-refractivity contribution in [1.82, 2.24) is 9.97 Å². The molecule has 4 nitrogen and oxygen atoms in total.